The molecule has 2 N–H and O–H groups in total. The van der Waals surface area contributed by atoms with E-state index < -0.39 is 6.04 Å². The zero-order valence-electron chi connectivity index (χ0n) is 12.8. The van der Waals surface area contributed by atoms with E-state index in [2.05, 4.69) is 10.6 Å². The van der Waals surface area contributed by atoms with Gasteiger partial charge in [-0.2, -0.15) is 0 Å². The van der Waals surface area contributed by atoms with Gasteiger partial charge in [0, 0.05) is 19.1 Å². The molecule has 118 valence electrons. The first-order valence-electron chi connectivity index (χ1n) is 8.15. The average molecular weight is 301 g/mol. The highest BCUT2D eigenvalue weighted by Crippen LogP contribution is 2.21. The summed E-state index contributed by atoms with van der Waals surface area (Å²) in [5.74, 6) is -0.00292. The van der Waals surface area contributed by atoms with E-state index in [9.17, 15) is 9.59 Å². The highest BCUT2D eigenvalue weighted by Gasteiger charge is 2.30. The first-order chi connectivity index (χ1) is 10.7. The van der Waals surface area contributed by atoms with Gasteiger partial charge < -0.3 is 15.5 Å². The fraction of sp³-hybridized carbons (Fsp3) is 0.529. The van der Waals surface area contributed by atoms with Gasteiger partial charge in [0.2, 0.25) is 5.91 Å². The molecule has 2 aliphatic rings. The van der Waals surface area contributed by atoms with E-state index in [4.69, 9.17) is 0 Å². The van der Waals surface area contributed by atoms with Crippen LogP contribution in [0.3, 0.4) is 0 Å². The Morgan fingerprint density at radius 1 is 1.05 bits per heavy atom. The predicted molar refractivity (Wildman–Crippen MR) is 84.3 cm³/mol. The molecule has 1 aromatic rings. The number of amides is 3. The van der Waals surface area contributed by atoms with E-state index in [-0.39, 0.29) is 18.0 Å². The molecule has 1 saturated heterocycles. The number of hydrogen-bond donors (Lipinski definition) is 2. The second-order valence-electron chi connectivity index (χ2n) is 6.12. The largest absolute Gasteiger partial charge is 0.341 e. The summed E-state index contributed by atoms with van der Waals surface area (Å²) < 4.78 is 0. The fourth-order valence-electron chi connectivity index (χ4n) is 2.82. The number of carbonyl (C=O) groups is 2. The molecule has 2 fully saturated rings. The van der Waals surface area contributed by atoms with Gasteiger partial charge >= 0.3 is 6.03 Å². The van der Waals surface area contributed by atoms with Gasteiger partial charge in [-0.25, -0.2) is 4.79 Å². The molecule has 0 radical (unpaired) electrons. The SMILES string of the molecule is O=C(NC1CC1)N[C@H](C(=O)N1CCCCC1)c1ccccc1. The number of rotatable bonds is 4. The number of urea groups is 1. The van der Waals surface area contributed by atoms with E-state index in [0.717, 1.165) is 44.3 Å². The number of likely N-dealkylation sites (tertiary alicyclic amines) is 1. The third kappa shape index (κ3) is 3.78. The molecule has 1 aromatic carbocycles. The number of piperidine rings is 1. The second kappa shape index (κ2) is 6.81. The van der Waals surface area contributed by atoms with E-state index in [1.165, 1.54) is 6.42 Å². The van der Waals surface area contributed by atoms with Crippen LogP contribution in [-0.2, 0) is 4.79 Å². The Morgan fingerprint density at radius 3 is 2.36 bits per heavy atom. The molecule has 22 heavy (non-hydrogen) atoms. The first-order valence-corrected chi connectivity index (χ1v) is 8.15. The van der Waals surface area contributed by atoms with Gasteiger partial charge in [0.15, 0.2) is 0 Å². The lowest BCUT2D eigenvalue weighted by atomic mass is 10.0. The minimum atomic E-state index is -0.599. The molecule has 0 unspecified atom stereocenters. The molecule has 1 heterocycles. The normalized spacial score (nSPS) is 19.4. The lowest BCUT2D eigenvalue weighted by Gasteiger charge is -2.31. The van der Waals surface area contributed by atoms with Crippen LogP contribution in [0.2, 0.25) is 0 Å². The fourth-order valence-corrected chi connectivity index (χ4v) is 2.82. The zero-order chi connectivity index (χ0) is 15.4. The van der Waals surface area contributed by atoms with Crippen LogP contribution in [0.25, 0.3) is 0 Å². The van der Waals surface area contributed by atoms with E-state index in [1.807, 2.05) is 35.2 Å². The Kier molecular flexibility index (Phi) is 4.61. The van der Waals surface area contributed by atoms with Crippen molar-refractivity contribution in [1.29, 1.82) is 0 Å². The van der Waals surface area contributed by atoms with Crippen LogP contribution in [0.15, 0.2) is 30.3 Å². The van der Waals surface area contributed by atoms with Crippen LogP contribution in [0.1, 0.15) is 43.7 Å². The summed E-state index contributed by atoms with van der Waals surface area (Å²) >= 11 is 0. The van der Waals surface area contributed by atoms with Gasteiger partial charge in [0.05, 0.1) is 0 Å². The van der Waals surface area contributed by atoms with Crippen LogP contribution >= 0.6 is 0 Å². The van der Waals surface area contributed by atoms with Gasteiger partial charge in [-0.15, -0.1) is 0 Å². The molecular weight excluding hydrogens is 278 g/mol. The molecular formula is C17H23N3O2. The van der Waals surface area contributed by atoms with Gasteiger partial charge in [0.25, 0.3) is 0 Å². The number of nitrogens with one attached hydrogen (secondary N) is 2. The zero-order valence-corrected chi connectivity index (χ0v) is 12.8. The van der Waals surface area contributed by atoms with E-state index in [0.29, 0.717) is 0 Å². The molecule has 1 aliphatic heterocycles. The van der Waals surface area contributed by atoms with Crippen LogP contribution in [-0.4, -0.2) is 36.0 Å². The summed E-state index contributed by atoms with van der Waals surface area (Å²) in [5.41, 5.74) is 0.837. The monoisotopic (exact) mass is 301 g/mol. The lowest BCUT2D eigenvalue weighted by Crippen LogP contribution is -2.47. The van der Waals surface area contributed by atoms with Crippen molar-refractivity contribution in [2.24, 2.45) is 0 Å². The summed E-state index contributed by atoms with van der Waals surface area (Å²) in [6.07, 6.45) is 5.32. The lowest BCUT2D eigenvalue weighted by molar-refractivity contribution is -0.134. The quantitative estimate of drug-likeness (QED) is 0.895. The maximum atomic E-state index is 12.8. The van der Waals surface area contributed by atoms with Gasteiger partial charge in [-0.3, -0.25) is 4.79 Å². The average Bonchev–Trinajstić information content (AvgIpc) is 3.37. The Labute approximate surface area is 131 Å². The highest BCUT2D eigenvalue weighted by molar-refractivity contribution is 5.88. The van der Waals surface area contributed by atoms with Gasteiger partial charge in [0.1, 0.15) is 6.04 Å². The molecule has 5 heteroatoms. The molecule has 1 aliphatic carbocycles. The van der Waals surface area contributed by atoms with Crippen molar-refractivity contribution in [3.63, 3.8) is 0 Å². The van der Waals surface area contributed by atoms with Crippen LogP contribution < -0.4 is 10.6 Å². The Morgan fingerprint density at radius 2 is 1.73 bits per heavy atom. The molecule has 5 nitrogen and oxygen atoms in total. The van der Waals surface area contributed by atoms with Gasteiger partial charge in [-0.1, -0.05) is 30.3 Å². The minimum Gasteiger partial charge on any atom is -0.341 e. The topological polar surface area (TPSA) is 61.4 Å². The standard InChI is InChI=1S/C17H23N3O2/c21-16(20-11-5-2-6-12-20)15(13-7-3-1-4-8-13)19-17(22)18-14-9-10-14/h1,3-4,7-8,14-15H,2,5-6,9-12H2,(H2,18,19,22)/t15-/m0/s1. The third-order valence-corrected chi connectivity index (χ3v) is 4.24. The Hall–Kier alpha value is -2.04. The van der Waals surface area contributed by atoms with Crippen LogP contribution in [0.4, 0.5) is 4.79 Å². The predicted octanol–water partition coefficient (Wildman–Crippen LogP) is 2.20. The smallest absolute Gasteiger partial charge is 0.315 e. The molecule has 0 aromatic heterocycles. The van der Waals surface area contributed by atoms with Gasteiger partial charge in [-0.05, 0) is 37.7 Å². The number of carbonyl (C=O) groups excluding carboxylic acids is 2. The summed E-state index contributed by atoms with van der Waals surface area (Å²) in [7, 11) is 0. The number of hydrogen-bond acceptors (Lipinski definition) is 2. The summed E-state index contributed by atoms with van der Waals surface area (Å²) in [5, 5.41) is 5.75. The van der Waals surface area contributed by atoms with Crippen molar-refractivity contribution >= 4 is 11.9 Å². The molecule has 0 spiro atoms. The number of nitrogens with zero attached hydrogens (tertiary/aromatic N) is 1. The minimum absolute atomic E-state index is 0.00292. The summed E-state index contributed by atoms with van der Waals surface area (Å²) in [6, 6.07) is 8.92. The van der Waals surface area contributed by atoms with Crippen LogP contribution in [0.5, 0.6) is 0 Å². The third-order valence-electron chi connectivity index (χ3n) is 4.24. The Balaban J connectivity index is 1.72. The van der Waals surface area contributed by atoms with E-state index >= 15 is 0 Å². The van der Waals surface area contributed by atoms with Crippen molar-refractivity contribution in [3.05, 3.63) is 35.9 Å². The van der Waals surface area contributed by atoms with Crippen molar-refractivity contribution in [2.75, 3.05) is 13.1 Å². The first kappa shape index (κ1) is 14.9. The molecule has 0 bridgehead atoms. The van der Waals surface area contributed by atoms with Crippen molar-refractivity contribution in [1.82, 2.24) is 15.5 Å². The molecule has 1 atom stereocenters. The summed E-state index contributed by atoms with van der Waals surface area (Å²) in [4.78, 5) is 26.8. The van der Waals surface area contributed by atoms with Crippen LogP contribution in [0, 0.1) is 0 Å². The number of benzene rings is 1. The Bertz CT molecular complexity index is 522. The highest BCUT2D eigenvalue weighted by atomic mass is 16.2. The molecule has 3 amide bonds. The molecule has 1 saturated carbocycles. The van der Waals surface area contributed by atoms with Crippen molar-refractivity contribution in [2.45, 2.75) is 44.2 Å². The van der Waals surface area contributed by atoms with E-state index in [1.54, 1.807) is 0 Å². The van der Waals surface area contributed by atoms with Crippen molar-refractivity contribution < 1.29 is 9.59 Å². The maximum absolute atomic E-state index is 12.8. The maximum Gasteiger partial charge on any atom is 0.315 e. The molecule has 3 rings (SSSR count). The summed E-state index contributed by atoms with van der Waals surface area (Å²) in [6.45, 7) is 1.57. The second-order valence-corrected chi connectivity index (χ2v) is 6.12. The van der Waals surface area contributed by atoms with Crippen molar-refractivity contribution in [3.8, 4) is 0 Å².